The number of fused-ring (bicyclic) bond motifs is 3. The molecule has 0 spiro atoms. The molecular formula is C20H16NS+. The van der Waals surface area contributed by atoms with E-state index in [0.717, 1.165) is 0 Å². The van der Waals surface area contributed by atoms with E-state index in [4.69, 9.17) is 0 Å². The molecule has 0 saturated carbocycles. The summed E-state index contributed by atoms with van der Waals surface area (Å²) in [6, 6.07) is 15.5. The minimum atomic E-state index is 0.0403. The standard InChI is InChI=1S/C20H16NS/c1-20(2)10-11-21-12-22-19-15-7-4-3-6-13(15)14-8-5-9-16(20)17(14)18(19)21/h3-12H,1-2H3/q+1. The fraction of sp³-hybridized carbons (Fsp3) is 0.150. The highest BCUT2D eigenvalue weighted by atomic mass is 32.1. The van der Waals surface area contributed by atoms with Crippen LogP contribution in [-0.2, 0) is 5.41 Å². The van der Waals surface area contributed by atoms with Gasteiger partial charge in [0.1, 0.15) is 4.70 Å². The van der Waals surface area contributed by atoms with Crippen LogP contribution in [0.3, 0.4) is 0 Å². The monoisotopic (exact) mass is 302 g/mol. The zero-order chi connectivity index (χ0) is 14.9. The third-order valence-corrected chi connectivity index (χ3v) is 5.85. The lowest BCUT2D eigenvalue weighted by Crippen LogP contribution is -2.22. The first-order chi connectivity index (χ1) is 10.7. The third-order valence-electron chi connectivity index (χ3n) is 4.87. The van der Waals surface area contributed by atoms with Crippen molar-refractivity contribution in [2.24, 2.45) is 0 Å². The van der Waals surface area contributed by atoms with Crippen molar-refractivity contribution < 1.29 is 4.57 Å². The van der Waals surface area contributed by atoms with Crippen LogP contribution in [0.4, 0.5) is 0 Å². The molecule has 2 heteroatoms. The minimum absolute atomic E-state index is 0.0403. The van der Waals surface area contributed by atoms with Crippen LogP contribution in [0.1, 0.15) is 19.4 Å². The van der Waals surface area contributed by atoms with Gasteiger partial charge in [0.15, 0.2) is 6.20 Å². The zero-order valence-corrected chi connectivity index (χ0v) is 13.4. The van der Waals surface area contributed by atoms with Gasteiger partial charge in [0.2, 0.25) is 11.0 Å². The maximum absolute atomic E-state index is 2.32. The molecule has 0 fully saturated rings. The lowest BCUT2D eigenvalue weighted by molar-refractivity contribution is -0.532. The van der Waals surface area contributed by atoms with Crippen molar-refractivity contribution in [3.8, 4) is 0 Å². The number of nitrogens with zero attached hydrogens (tertiary/aromatic N) is 1. The van der Waals surface area contributed by atoms with E-state index in [-0.39, 0.29) is 5.41 Å². The predicted octanol–water partition coefficient (Wildman–Crippen LogP) is 5.26. The Morgan fingerprint density at radius 1 is 0.909 bits per heavy atom. The van der Waals surface area contributed by atoms with Crippen molar-refractivity contribution in [3.05, 3.63) is 59.6 Å². The highest BCUT2D eigenvalue weighted by Crippen LogP contribution is 2.42. The fourth-order valence-corrected chi connectivity index (χ4v) is 4.74. The van der Waals surface area contributed by atoms with Crippen molar-refractivity contribution in [2.75, 3.05) is 0 Å². The van der Waals surface area contributed by atoms with Crippen LogP contribution in [-0.4, -0.2) is 0 Å². The molecule has 0 amide bonds. The quantitative estimate of drug-likeness (QED) is 0.308. The van der Waals surface area contributed by atoms with Gasteiger partial charge in [-0.25, -0.2) is 0 Å². The van der Waals surface area contributed by atoms with E-state index in [0.29, 0.717) is 0 Å². The van der Waals surface area contributed by atoms with Crippen molar-refractivity contribution in [3.63, 3.8) is 0 Å². The third kappa shape index (κ3) is 1.41. The van der Waals surface area contributed by atoms with E-state index in [2.05, 4.69) is 78.7 Å². The Balaban J connectivity index is 2.22. The molecule has 4 aromatic rings. The molecule has 1 aliphatic rings. The Hall–Kier alpha value is -2.19. The molecule has 0 atom stereocenters. The number of aromatic nitrogens is 1. The van der Waals surface area contributed by atoms with E-state index in [1.807, 2.05) is 11.3 Å². The Labute approximate surface area is 133 Å². The van der Waals surface area contributed by atoms with Crippen molar-refractivity contribution in [2.45, 2.75) is 19.3 Å². The number of thiazole rings is 1. The van der Waals surface area contributed by atoms with Crippen LogP contribution in [0, 0.1) is 0 Å². The van der Waals surface area contributed by atoms with Gasteiger partial charge < -0.3 is 0 Å². The van der Waals surface area contributed by atoms with Crippen molar-refractivity contribution in [1.29, 1.82) is 0 Å². The maximum atomic E-state index is 2.32. The first kappa shape index (κ1) is 12.4. The summed E-state index contributed by atoms with van der Waals surface area (Å²) in [5.74, 6) is 0. The van der Waals surface area contributed by atoms with Crippen LogP contribution in [0.5, 0.6) is 0 Å². The fourth-order valence-electron chi connectivity index (χ4n) is 3.72. The van der Waals surface area contributed by atoms with Gasteiger partial charge in [0.05, 0.1) is 5.39 Å². The van der Waals surface area contributed by atoms with E-state index in [9.17, 15) is 0 Å². The molecule has 0 aliphatic carbocycles. The molecule has 0 saturated heterocycles. The average molecular weight is 302 g/mol. The molecule has 0 unspecified atom stereocenters. The molecule has 2 heterocycles. The SMILES string of the molecule is CC1(C)C=C[n+]2csc3c4ccccc4c4cccc1c4c32. The summed E-state index contributed by atoms with van der Waals surface area (Å²) < 4.78 is 3.69. The number of hydrogen-bond donors (Lipinski definition) is 0. The van der Waals surface area contributed by atoms with Gasteiger partial charge in [-0.2, -0.15) is 4.57 Å². The molecule has 106 valence electrons. The molecular weight excluding hydrogens is 286 g/mol. The largest absolute Gasteiger partial charge is 0.237 e. The number of allylic oxidation sites excluding steroid dienone is 1. The molecule has 0 N–H and O–H groups in total. The molecule has 1 aliphatic heterocycles. The first-order valence-electron chi connectivity index (χ1n) is 7.62. The van der Waals surface area contributed by atoms with E-state index >= 15 is 0 Å². The van der Waals surface area contributed by atoms with E-state index in [1.165, 1.54) is 37.3 Å². The molecule has 1 nitrogen and oxygen atoms in total. The molecule has 1 aromatic heterocycles. The van der Waals surface area contributed by atoms with E-state index < -0.39 is 0 Å². The second-order valence-electron chi connectivity index (χ2n) is 6.62. The number of hydrogen-bond acceptors (Lipinski definition) is 1. The normalized spacial score (nSPS) is 15.9. The summed E-state index contributed by atoms with van der Waals surface area (Å²) in [5.41, 5.74) is 5.04. The molecule has 3 aromatic carbocycles. The van der Waals surface area contributed by atoms with Crippen LogP contribution in [0.2, 0.25) is 0 Å². The van der Waals surface area contributed by atoms with Crippen LogP contribution in [0.25, 0.3) is 38.0 Å². The second kappa shape index (κ2) is 3.96. The Bertz CT molecular complexity index is 1100. The van der Waals surface area contributed by atoms with Crippen LogP contribution in [0.15, 0.2) is 54.1 Å². The topological polar surface area (TPSA) is 3.88 Å². The minimum Gasteiger partial charge on any atom is -0.156 e. The summed E-state index contributed by atoms with van der Waals surface area (Å²) in [6.07, 6.45) is 4.55. The predicted molar refractivity (Wildman–Crippen MR) is 95.4 cm³/mol. The number of rotatable bonds is 0. The Kier molecular flexibility index (Phi) is 2.23. The van der Waals surface area contributed by atoms with Gasteiger partial charge in [0.25, 0.3) is 0 Å². The van der Waals surface area contributed by atoms with Crippen molar-refractivity contribution in [1.82, 2.24) is 0 Å². The van der Waals surface area contributed by atoms with Gasteiger partial charge in [-0.1, -0.05) is 67.6 Å². The Morgan fingerprint density at radius 2 is 1.68 bits per heavy atom. The Morgan fingerprint density at radius 3 is 2.55 bits per heavy atom. The first-order valence-corrected chi connectivity index (χ1v) is 8.50. The van der Waals surface area contributed by atoms with E-state index in [1.54, 1.807) is 0 Å². The molecule has 22 heavy (non-hydrogen) atoms. The second-order valence-corrected chi connectivity index (χ2v) is 7.47. The highest BCUT2D eigenvalue weighted by molar-refractivity contribution is 7.17. The van der Waals surface area contributed by atoms with Crippen LogP contribution < -0.4 is 4.57 Å². The summed E-state index contributed by atoms with van der Waals surface area (Å²) in [6.45, 7) is 4.60. The van der Waals surface area contributed by atoms with Gasteiger partial charge >= 0.3 is 0 Å². The molecule has 5 rings (SSSR count). The number of benzene rings is 3. The van der Waals surface area contributed by atoms with Gasteiger partial charge in [0, 0.05) is 10.8 Å². The lowest BCUT2D eigenvalue weighted by atomic mass is 9.81. The summed E-state index contributed by atoms with van der Waals surface area (Å²) in [4.78, 5) is 0. The summed E-state index contributed by atoms with van der Waals surface area (Å²) >= 11 is 1.84. The highest BCUT2D eigenvalue weighted by Gasteiger charge is 2.29. The summed E-state index contributed by atoms with van der Waals surface area (Å²) in [7, 11) is 0. The summed E-state index contributed by atoms with van der Waals surface area (Å²) in [5, 5.41) is 5.49. The molecule has 0 radical (unpaired) electrons. The van der Waals surface area contributed by atoms with Gasteiger partial charge in [-0.15, -0.1) is 0 Å². The van der Waals surface area contributed by atoms with Crippen molar-refractivity contribution >= 4 is 49.3 Å². The average Bonchev–Trinajstić information content (AvgIpc) is 2.92. The lowest BCUT2D eigenvalue weighted by Gasteiger charge is -2.20. The zero-order valence-electron chi connectivity index (χ0n) is 12.6. The van der Waals surface area contributed by atoms with Crippen LogP contribution >= 0.6 is 11.3 Å². The van der Waals surface area contributed by atoms with Gasteiger partial charge in [-0.3, -0.25) is 0 Å². The molecule has 0 bridgehead atoms. The maximum Gasteiger partial charge on any atom is 0.237 e. The van der Waals surface area contributed by atoms with Gasteiger partial charge in [-0.05, 0) is 22.4 Å². The smallest absolute Gasteiger partial charge is 0.156 e.